The van der Waals surface area contributed by atoms with Crippen LogP contribution in [0, 0.1) is 6.92 Å². The first-order valence-electron chi connectivity index (χ1n) is 34.8. The average Bonchev–Trinajstić information content (AvgIpc) is 1.21. The summed E-state index contributed by atoms with van der Waals surface area (Å²) in [5.41, 5.74) is 16.9. The van der Waals surface area contributed by atoms with E-state index in [0.717, 1.165) is 88.0 Å². The molecule has 22 nitrogen and oxygen atoms in total. The van der Waals surface area contributed by atoms with E-state index in [4.69, 9.17) is 20.2 Å². The third kappa shape index (κ3) is 22.3. The molecule has 1 saturated heterocycles. The van der Waals surface area contributed by atoms with Gasteiger partial charge >= 0.3 is 0 Å². The number of rotatable bonds is 36. The van der Waals surface area contributed by atoms with E-state index in [0.29, 0.717) is 109 Å². The molecule has 8 N–H and O–H groups in total. The van der Waals surface area contributed by atoms with E-state index in [-0.39, 0.29) is 80.4 Å². The largest absolute Gasteiger partial charge is 0.494 e. The lowest BCUT2D eigenvalue weighted by Crippen LogP contribution is -2.51. The van der Waals surface area contributed by atoms with Crippen LogP contribution in [-0.4, -0.2) is 188 Å². The topological polar surface area (TPSA) is 255 Å². The zero-order chi connectivity index (χ0) is 69.5. The molecule has 1 aromatic heterocycles. The molecular weight excluding hydrogens is 1210 g/mol. The van der Waals surface area contributed by atoms with E-state index in [1.165, 1.54) is 20.4 Å². The molecule has 0 saturated carbocycles. The highest BCUT2D eigenvalue weighted by Crippen LogP contribution is 2.45. The van der Waals surface area contributed by atoms with Crippen LogP contribution < -0.4 is 46.7 Å². The molecule has 1 atom stereocenters. The smallest absolute Gasteiger partial charge is 0.242 e. The molecule has 2 aliphatic rings. The van der Waals surface area contributed by atoms with Crippen LogP contribution >= 0.6 is 0 Å². The van der Waals surface area contributed by atoms with Gasteiger partial charge in [0.05, 0.1) is 68.3 Å². The van der Waals surface area contributed by atoms with Crippen LogP contribution in [0.5, 0.6) is 11.5 Å². The minimum absolute atomic E-state index is 0.0392. The summed E-state index contributed by atoms with van der Waals surface area (Å²) in [5.74, 6) is 0.490. The number of H-pyrrole nitrogens is 1. The maximum Gasteiger partial charge on any atom is 0.242 e. The Labute approximate surface area is 570 Å². The maximum absolute atomic E-state index is 14.0. The van der Waals surface area contributed by atoms with Gasteiger partial charge in [-0.3, -0.25) is 28.8 Å². The Morgan fingerprint density at radius 3 is 1.83 bits per heavy atom. The quantitative estimate of drug-likeness (QED) is 0.0184. The number of ether oxygens (including phenoxy) is 2. The highest BCUT2D eigenvalue weighted by atomic mass is 16.5. The second kappa shape index (κ2) is 36.0. The second-order valence-corrected chi connectivity index (χ2v) is 27.6. The molecule has 5 aromatic rings. The summed E-state index contributed by atoms with van der Waals surface area (Å²) in [6.45, 7) is 29.1. The molecule has 1 fully saturated rings. The summed E-state index contributed by atoms with van der Waals surface area (Å²) in [5, 5.41) is 16.5. The standard InChI is InChI=1S/C74H110N14O8/c1-13-31-85(67(92)50-87(33-15-3)69(94)51-88(34-16-4)68(93)49-86(32-14-2)66(91)24-19-39-95-57-22-17-21-53(42-57)71-79-60-27-25-52(5)41-62(60)81-71)48-65(90)78-47-55(75)46-76-29-20-30-77-64(89)23-18-40-96-70-58(73(6,7)8)43-54(44-59(70)74(9,10)11)72-80-61-28-26-56(45-63(61)82-72)84-37-35-83(12)36-38-84/h17,21-22,25-28,41-46,72,76,80,82H,13-16,18-20,23-24,29-40,47-51,75H2,1-12H3,(H,77,89)(H,78,90)(H,79,81)/b55-46-. The molecule has 3 heterocycles. The molecule has 0 spiro atoms. The van der Waals surface area contributed by atoms with Gasteiger partial charge in [0.1, 0.15) is 23.5 Å². The Morgan fingerprint density at radius 1 is 0.635 bits per heavy atom. The van der Waals surface area contributed by atoms with Crippen molar-refractivity contribution in [2.24, 2.45) is 5.73 Å². The summed E-state index contributed by atoms with van der Waals surface area (Å²) in [7, 11) is 2.18. The molecule has 7 rings (SSSR count). The summed E-state index contributed by atoms with van der Waals surface area (Å²) in [4.78, 5) is 100. The summed E-state index contributed by atoms with van der Waals surface area (Å²) >= 11 is 0. The van der Waals surface area contributed by atoms with Gasteiger partial charge in [0, 0.05) is 113 Å². The third-order valence-electron chi connectivity index (χ3n) is 17.2. The number of carbonyl (C=O) groups excluding carboxylic acids is 6. The Morgan fingerprint density at radius 2 is 1.22 bits per heavy atom. The van der Waals surface area contributed by atoms with Gasteiger partial charge in [-0.2, -0.15) is 0 Å². The van der Waals surface area contributed by atoms with Gasteiger partial charge in [0.15, 0.2) is 0 Å². The Bertz CT molecular complexity index is 3400. The third-order valence-corrected chi connectivity index (χ3v) is 17.2. The number of carbonyl (C=O) groups is 6. The number of amides is 6. The fourth-order valence-electron chi connectivity index (χ4n) is 11.8. The maximum atomic E-state index is 14.0. The number of likely N-dealkylation sites (N-methyl/N-ethyl adjacent to an activating group) is 1. The number of fused-ring (bicyclic) bond motifs is 2. The molecule has 0 radical (unpaired) electrons. The van der Waals surface area contributed by atoms with Crippen LogP contribution in [0.1, 0.15) is 155 Å². The molecular formula is C74H110N14O8. The minimum Gasteiger partial charge on any atom is -0.494 e. The van der Waals surface area contributed by atoms with Crippen LogP contribution in [0.15, 0.2) is 84.7 Å². The average molecular weight is 1320 g/mol. The van der Waals surface area contributed by atoms with Gasteiger partial charge in [-0.1, -0.05) is 87.4 Å². The number of aryl methyl sites for hydroxylation is 1. The number of aromatic nitrogens is 2. The van der Waals surface area contributed by atoms with Crippen molar-refractivity contribution in [1.29, 1.82) is 0 Å². The summed E-state index contributed by atoms with van der Waals surface area (Å²) < 4.78 is 12.7. The van der Waals surface area contributed by atoms with Gasteiger partial charge in [0.25, 0.3) is 0 Å². The van der Waals surface area contributed by atoms with Crippen molar-refractivity contribution in [2.45, 2.75) is 151 Å². The first kappa shape index (κ1) is 74.9. The van der Waals surface area contributed by atoms with E-state index < -0.39 is 17.7 Å². The number of aromatic amines is 1. The van der Waals surface area contributed by atoms with Crippen LogP contribution in [0.2, 0.25) is 0 Å². The zero-order valence-electron chi connectivity index (χ0n) is 59.4. The number of piperazine rings is 1. The molecule has 0 aliphatic carbocycles. The second-order valence-electron chi connectivity index (χ2n) is 27.6. The van der Waals surface area contributed by atoms with Gasteiger partial charge in [-0.25, -0.2) is 4.98 Å². The monoisotopic (exact) mass is 1320 g/mol. The number of imidazole rings is 1. The SMILES string of the molecule is CCCN(CC(=O)NC/C(N)=C/NCCCNC(=O)CCCOc1c(C(C)(C)C)cc(C2Nc3ccc(N4CCN(C)CC4)cc3N2)cc1C(C)(C)C)C(=O)CN(CCC)C(=O)CN(CCC)C(=O)CN(CCC)C(=O)CCCOc1cccc(-c2nc3ccc(C)cc3[nH]2)c1. The normalized spacial score (nSPS) is 14.1. The van der Waals surface area contributed by atoms with Crippen molar-refractivity contribution >= 4 is 63.5 Å². The number of hydrogen-bond donors (Lipinski definition) is 7. The van der Waals surface area contributed by atoms with Crippen molar-refractivity contribution in [3.8, 4) is 22.9 Å². The van der Waals surface area contributed by atoms with Crippen LogP contribution in [-0.2, 0) is 39.6 Å². The first-order valence-corrected chi connectivity index (χ1v) is 34.8. The van der Waals surface area contributed by atoms with E-state index in [9.17, 15) is 28.8 Å². The van der Waals surface area contributed by atoms with Crippen molar-refractivity contribution in [3.63, 3.8) is 0 Å². The predicted octanol–water partition coefficient (Wildman–Crippen LogP) is 9.41. The number of nitrogens with zero attached hydrogens (tertiary/aromatic N) is 7. The molecule has 0 bridgehead atoms. The van der Waals surface area contributed by atoms with Gasteiger partial charge in [-0.15, -0.1) is 0 Å². The Balaban J connectivity index is 0.794. The highest BCUT2D eigenvalue weighted by molar-refractivity contribution is 5.91. The van der Waals surface area contributed by atoms with Crippen molar-refractivity contribution in [1.82, 2.24) is 50.4 Å². The predicted molar refractivity (Wildman–Crippen MR) is 384 cm³/mol. The van der Waals surface area contributed by atoms with E-state index in [1.807, 2.05) is 71.0 Å². The molecule has 524 valence electrons. The number of nitrogens with one attached hydrogen (secondary N) is 6. The molecule has 6 amide bonds. The Kier molecular flexibility index (Phi) is 28.1. The van der Waals surface area contributed by atoms with Crippen molar-refractivity contribution in [3.05, 3.63) is 107 Å². The zero-order valence-corrected chi connectivity index (χ0v) is 59.4. The molecule has 96 heavy (non-hydrogen) atoms. The number of anilines is 3. The minimum atomic E-state index is -0.411. The molecule has 2 aliphatic heterocycles. The lowest BCUT2D eigenvalue weighted by Gasteiger charge is -2.34. The van der Waals surface area contributed by atoms with Gasteiger partial charge < -0.3 is 76.2 Å². The van der Waals surface area contributed by atoms with E-state index >= 15 is 0 Å². The van der Waals surface area contributed by atoms with Crippen molar-refractivity contribution < 1.29 is 38.2 Å². The highest BCUT2D eigenvalue weighted by Gasteiger charge is 2.33. The number of hydrogen-bond acceptors (Lipinski definition) is 15. The van der Waals surface area contributed by atoms with E-state index in [1.54, 1.807) is 11.1 Å². The van der Waals surface area contributed by atoms with E-state index in [2.05, 4.69) is 126 Å². The lowest BCUT2D eigenvalue weighted by atomic mass is 9.78. The molecule has 22 heteroatoms. The van der Waals surface area contributed by atoms with Crippen molar-refractivity contribution in [2.75, 3.05) is 134 Å². The van der Waals surface area contributed by atoms with Gasteiger partial charge in [0.2, 0.25) is 35.4 Å². The fourth-order valence-corrected chi connectivity index (χ4v) is 11.8. The Hall–Kier alpha value is -8.53. The van der Waals surface area contributed by atoms with Crippen LogP contribution in [0.4, 0.5) is 17.1 Å². The number of nitrogens with two attached hydrogens (primary N) is 1. The fraction of sp³-hybridized carbons (Fsp3) is 0.554. The lowest BCUT2D eigenvalue weighted by molar-refractivity contribution is -0.146. The number of benzene rings is 4. The summed E-state index contributed by atoms with van der Waals surface area (Å²) in [6.07, 6.45) is 6.01. The van der Waals surface area contributed by atoms with Crippen LogP contribution in [0.3, 0.4) is 0 Å². The molecule has 1 unspecified atom stereocenters. The van der Waals surface area contributed by atoms with Crippen LogP contribution in [0.25, 0.3) is 22.4 Å². The summed E-state index contributed by atoms with van der Waals surface area (Å²) in [6, 6.07) is 24.9. The molecule has 4 aromatic carbocycles. The first-order chi connectivity index (χ1) is 45.9. The van der Waals surface area contributed by atoms with Gasteiger partial charge in [-0.05, 0) is 135 Å².